The zero-order valence-electron chi connectivity index (χ0n) is 18.2. The summed E-state index contributed by atoms with van der Waals surface area (Å²) in [6, 6.07) is 17.9. The van der Waals surface area contributed by atoms with E-state index in [0.717, 1.165) is 0 Å². The molecule has 0 bridgehead atoms. The van der Waals surface area contributed by atoms with Gasteiger partial charge in [0.1, 0.15) is 5.75 Å². The van der Waals surface area contributed by atoms with Crippen LogP contribution in [0, 0.1) is 10.1 Å². The highest BCUT2D eigenvalue weighted by Gasteiger charge is 2.20. The molecule has 0 fully saturated rings. The predicted molar refractivity (Wildman–Crippen MR) is 132 cm³/mol. The van der Waals surface area contributed by atoms with Gasteiger partial charge < -0.3 is 4.74 Å². The Morgan fingerprint density at radius 2 is 1.71 bits per heavy atom. The van der Waals surface area contributed by atoms with Gasteiger partial charge in [0.15, 0.2) is 5.13 Å². The topological polar surface area (TPSA) is 141 Å². The Hall–Kier alpha value is -4.29. The van der Waals surface area contributed by atoms with Crippen molar-refractivity contribution in [2.24, 2.45) is 0 Å². The van der Waals surface area contributed by atoms with Crippen LogP contribution in [0.4, 0.5) is 16.5 Å². The molecule has 10 nitrogen and oxygen atoms in total. The fraction of sp³-hybridized carbons (Fsp3) is 0.0435. The summed E-state index contributed by atoms with van der Waals surface area (Å²) in [5, 5.41) is 15.5. The van der Waals surface area contributed by atoms with E-state index in [1.807, 2.05) is 0 Å². The third kappa shape index (κ3) is 5.45. The van der Waals surface area contributed by atoms with Crippen LogP contribution in [0.1, 0.15) is 10.4 Å². The van der Waals surface area contributed by atoms with Gasteiger partial charge in [-0.2, -0.15) is 0 Å². The van der Waals surface area contributed by atoms with Crippen LogP contribution in [0.25, 0.3) is 11.3 Å². The number of sulfonamides is 1. The molecule has 4 aromatic rings. The number of methoxy groups -OCH3 is 1. The minimum absolute atomic E-state index is 0.0150. The van der Waals surface area contributed by atoms with E-state index in [2.05, 4.69) is 15.0 Å². The predicted octanol–water partition coefficient (Wildman–Crippen LogP) is 4.78. The van der Waals surface area contributed by atoms with E-state index in [4.69, 9.17) is 4.74 Å². The molecule has 1 amide bonds. The Morgan fingerprint density at radius 3 is 2.37 bits per heavy atom. The van der Waals surface area contributed by atoms with E-state index in [-0.39, 0.29) is 27.0 Å². The molecule has 0 aliphatic carbocycles. The molecule has 3 aromatic carbocycles. The normalized spacial score (nSPS) is 11.0. The van der Waals surface area contributed by atoms with Crippen molar-refractivity contribution < 1.29 is 22.9 Å². The smallest absolute Gasteiger partial charge is 0.269 e. The van der Waals surface area contributed by atoms with Gasteiger partial charge in [0.05, 0.1) is 33.9 Å². The zero-order chi connectivity index (χ0) is 25.0. The number of para-hydroxylation sites is 1. The molecule has 178 valence electrons. The van der Waals surface area contributed by atoms with Crippen molar-refractivity contribution in [3.8, 4) is 17.0 Å². The van der Waals surface area contributed by atoms with Gasteiger partial charge in [-0.25, -0.2) is 13.4 Å². The average molecular weight is 511 g/mol. The van der Waals surface area contributed by atoms with Crippen LogP contribution in [0.15, 0.2) is 83.1 Å². The van der Waals surface area contributed by atoms with E-state index in [1.54, 1.807) is 29.6 Å². The first kappa shape index (κ1) is 23.9. The molecule has 0 aliphatic heterocycles. The number of nitro groups is 1. The summed E-state index contributed by atoms with van der Waals surface area (Å²) >= 11 is 1.17. The van der Waals surface area contributed by atoms with Gasteiger partial charge in [0.2, 0.25) is 0 Å². The van der Waals surface area contributed by atoms with Crippen LogP contribution in [0.5, 0.6) is 5.75 Å². The average Bonchev–Trinajstić information content (AvgIpc) is 3.32. The summed E-state index contributed by atoms with van der Waals surface area (Å²) in [4.78, 5) is 27.6. The molecule has 4 rings (SSSR count). The second kappa shape index (κ2) is 9.91. The number of hydrogen-bond acceptors (Lipinski definition) is 8. The molecular formula is C23H18N4O6S2. The molecule has 0 unspecified atom stereocenters. The third-order valence-electron chi connectivity index (χ3n) is 4.88. The van der Waals surface area contributed by atoms with Crippen molar-refractivity contribution in [2.75, 3.05) is 17.1 Å². The van der Waals surface area contributed by atoms with E-state index < -0.39 is 20.9 Å². The molecule has 2 N–H and O–H groups in total. The minimum Gasteiger partial charge on any atom is -0.497 e. The Morgan fingerprint density at radius 1 is 1.03 bits per heavy atom. The molecule has 0 atom stereocenters. The Balaban J connectivity index is 1.52. The number of nitro benzene ring substituents is 1. The number of non-ortho nitro benzene ring substituents is 1. The standard InChI is InChI=1S/C23H18N4O6S2/c1-33-17-10-12-18(13-11-17)35(31,32)26-20-5-3-2-4-19(20)22(28)25-23-24-21(14-34-23)15-6-8-16(9-7-15)27(29)30/h2-14,26H,1H3,(H,24,25,28). The number of thiazole rings is 1. The van der Waals surface area contributed by atoms with Gasteiger partial charge >= 0.3 is 0 Å². The van der Waals surface area contributed by atoms with E-state index in [9.17, 15) is 23.3 Å². The molecule has 0 aliphatic rings. The number of anilines is 2. The van der Waals surface area contributed by atoms with Crippen LogP contribution < -0.4 is 14.8 Å². The number of carbonyl (C=O) groups is 1. The van der Waals surface area contributed by atoms with Crippen LogP contribution in [0.3, 0.4) is 0 Å². The highest BCUT2D eigenvalue weighted by atomic mass is 32.2. The van der Waals surface area contributed by atoms with Gasteiger partial charge in [0.25, 0.3) is 21.6 Å². The van der Waals surface area contributed by atoms with Crippen LogP contribution in [-0.4, -0.2) is 31.3 Å². The number of nitrogens with one attached hydrogen (secondary N) is 2. The van der Waals surface area contributed by atoms with Crippen molar-refractivity contribution in [3.05, 3.63) is 93.9 Å². The first-order valence-corrected chi connectivity index (χ1v) is 12.4. The van der Waals surface area contributed by atoms with Crippen molar-refractivity contribution >= 4 is 43.8 Å². The fourth-order valence-corrected chi connectivity index (χ4v) is 4.91. The summed E-state index contributed by atoms with van der Waals surface area (Å²) in [5.41, 5.74) is 1.37. The number of amides is 1. The van der Waals surface area contributed by atoms with Crippen molar-refractivity contribution in [3.63, 3.8) is 0 Å². The lowest BCUT2D eigenvalue weighted by atomic mass is 10.1. The molecule has 1 heterocycles. The molecule has 0 spiro atoms. The molecule has 35 heavy (non-hydrogen) atoms. The monoisotopic (exact) mass is 510 g/mol. The van der Waals surface area contributed by atoms with Crippen LogP contribution in [0.2, 0.25) is 0 Å². The van der Waals surface area contributed by atoms with Gasteiger partial charge in [-0.05, 0) is 48.5 Å². The number of hydrogen-bond donors (Lipinski definition) is 2. The highest BCUT2D eigenvalue weighted by Crippen LogP contribution is 2.28. The van der Waals surface area contributed by atoms with E-state index in [1.165, 1.54) is 67.0 Å². The van der Waals surface area contributed by atoms with E-state index in [0.29, 0.717) is 17.0 Å². The molecule has 12 heteroatoms. The number of carbonyl (C=O) groups excluding carboxylic acids is 1. The van der Waals surface area contributed by atoms with Crippen molar-refractivity contribution in [1.29, 1.82) is 0 Å². The molecular weight excluding hydrogens is 492 g/mol. The third-order valence-corrected chi connectivity index (χ3v) is 7.02. The Labute approximate surface area is 204 Å². The number of rotatable bonds is 8. The maximum Gasteiger partial charge on any atom is 0.269 e. The molecule has 1 aromatic heterocycles. The largest absolute Gasteiger partial charge is 0.497 e. The van der Waals surface area contributed by atoms with Crippen molar-refractivity contribution in [2.45, 2.75) is 4.90 Å². The fourth-order valence-electron chi connectivity index (χ4n) is 3.11. The highest BCUT2D eigenvalue weighted by molar-refractivity contribution is 7.92. The van der Waals surface area contributed by atoms with Gasteiger partial charge in [-0.15, -0.1) is 11.3 Å². The number of aromatic nitrogens is 1. The Bertz CT molecular complexity index is 1480. The number of ether oxygens (including phenoxy) is 1. The van der Waals surface area contributed by atoms with Crippen LogP contribution in [-0.2, 0) is 10.0 Å². The lowest BCUT2D eigenvalue weighted by Gasteiger charge is -2.12. The first-order valence-electron chi connectivity index (χ1n) is 10.0. The van der Waals surface area contributed by atoms with Gasteiger partial charge in [0, 0.05) is 23.1 Å². The molecule has 0 radical (unpaired) electrons. The SMILES string of the molecule is COc1ccc(S(=O)(=O)Nc2ccccc2C(=O)Nc2nc(-c3ccc([N+](=O)[O-])cc3)cs2)cc1. The summed E-state index contributed by atoms with van der Waals surface area (Å²) < 4.78 is 33.2. The number of nitrogens with zero attached hydrogens (tertiary/aromatic N) is 2. The second-order valence-corrected chi connectivity index (χ2v) is 9.66. The molecule has 0 saturated heterocycles. The quantitative estimate of drug-likeness (QED) is 0.257. The lowest BCUT2D eigenvalue weighted by molar-refractivity contribution is -0.384. The van der Waals surface area contributed by atoms with Crippen molar-refractivity contribution in [1.82, 2.24) is 4.98 Å². The summed E-state index contributed by atoms with van der Waals surface area (Å²) in [6.07, 6.45) is 0. The summed E-state index contributed by atoms with van der Waals surface area (Å²) in [7, 11) is -2.48. The van der Waals surface area contributed by atoms with E-state index >= 15 is 0 Å². The van der Waals surface area contributed by atoms with Crippen LogP contribution >= 0.6 is 11.3 Å². The van der Waals surface area contributed by atoms with Gasteiger partial charge in [-0.1, -0.05) is 12.1 Å². The minimum atomic E-state index is -3.96. The summed E-state index contributed by atoms with van der Waals surface area (Å²) in [6.45, 7) is 0. The molecule has 0 saturated carbocycles. The maximum absolute atomic E-state index is 12.9. The first-order chi connectivity index (χ1) is 16.8. The number of benzene rings is 3. The summed E-state index contributed by atoms with van der Waals surface area (Å²) in [5.74, 6) is -0.0390. The Kier molecular flexibility index (Phi) is 6.75. The lowest BCUT2D eigenvalue weighted by Crippen LogP contribution is -2.18. The maximum atomic E-state index is 12.9. The second-order valence-electron chi connectivity index (χ2n) is 7.12. The van der Waals surface area contributed by atoms with Gasteiger partial charge in [-0.3, -0.25) is 24.9 Å². The zero-order valence-corrected chi connectivity index (χ0v) is 19.8.